The summed E-state index contributed by atoms with van der Waals surface area (Å²) in [5, 5.41) is 3.19. The van der Waals surface area contributed by atoms with Gasteiger partial charge >= 0.3 is 0 Å². The van der Waals surface area contributed by atoms with Crippen molar-refractivity contribution in [3.63, 3.8) is 0 Å². The molecule has 0 amide bonds. The first-order valence-electron chi connectivity index (χ1n) is 3.02. The van der Waals surface area contributed by atoms with E-state index in [0.717, 1.165) is 19.4 Å². The van der Waals surface area contributed by atoms with Gasteiger partial charge in [0.1, 0.15) is 0 Å². The molecule has 0 bridgehead atoms. The van der Waals surface area contributed by atoms with E-state index in [-0.39, 0.29) is 0 Å². The van der Waals surface area contributed by atoms with Gasteiger partial charge in [0.05, 0.1) is 5.01 Å². The van der Waals surface area contributed by atoms with Gasteiger partial charge in [-0.05, 0) is 13.0 Å². The number of hydrogen-bond donors (Lipinski definition) is 1. The zero-order chi connectivity index (χ0) is 6.53. The molecule has 2 nitrogen and oxygen atoms in total. The van der Waals surface area contributed by atoms with E-state index in [1.807, 2.05) is 11.6 Å². The number of aromatic nitrogens is 1. The molecule has 0 atom stereocenters. The Balaban J connectivity index is 2.30. The summed E-state index contributed by atoms with van der Waals surface area (Å²) in [7, 11) is 0. The average molecular weight is 142 g/mol. The van der Waals surface area contributed by atoms with Crippen LogP contribution < -0.4 is 5.73 Å². The molecule has 0 aromatic carbocycles. The van der Waals surface area contributed by atoms with E-state index in [9.17, 15) is 0 Å². The van der Waals surface area contributed by atoms with E-state index in [0.29, 0.717) is 0 Å². The maximum atomic E-state index is 5.32. The second kappa shape index (κ2) is 3.58. The van der Waals surface area contributed by atoms with Gasteiger partial charge in [0, 0.05) is 18.0 Å². The molecule has 50 valence electrons. The lowest BCUT2D eigenvalue weighted by Crippen LogP contribution is -1.99. The van der Waals surface area contributed by atoms with Gasteiger partial charge in [0.15, 0.2) is 0 Å². The highest BCUT2D eigenvalue weighted by molar-refractivity contribution is 7.09. The number of hydrogen-bond acceptors (Lipinski definition) is 3. The summed E-state index contributed by atoms with van der Waals surface area (Å²) >= 11 is 1.70. The molecule has 0 saturated carbocycles. The predicted molar refractivity (Wildman–Crippen MR) is 39.5 cm³/mol. The first-order valence-corrected chi connectivity index (χ1v) is 3.90. The van der Waals surface area contributed by atoms with Crippen LogP contribution in [0.2, 0.25) is 0 Å². The number of nitrogens with zero attached hydrogens (tertiary/aromatic N) is 1. The molecule has 0 spiro atoms. The molecule has 0 unspecified atom stereocenters. The summed E-state index contributed by atoms with van der Waals surface area (Å²) in [4.78, 5) is 4.12. The summed E-state index contributed by atoms with van der Waals surface area (Å²) in [6.45, 7) is 0.763. The second-order valence-corrected chi connectivity index (χ2v) is 2.80. The minimum absolute atomic E-state index is 0.763. The maximum Gasteiger partial charge on any atom is 0.0925 e. The zero-order valence-corrected chi connectivity index (χ0v) is 6.03. The van der Waals surface area contributed by atoms with Crippen molar-refractivity contribution in [2.75, 3.05) is 6.54 Å². The Labute approximate surface area is 58.7 Å². The van der Waals surface area contributed by atoms with E-state index in [1.165, 1.54) is 5.01 Å². The summed E-state index contributed by atoms with van der Waals surface area (Å²) < 4.78 is 0. The third kappa shape index (κ3) is 2.11. The van der Waals surface area contributed by atoms with Crippen LogP contribution in [0.4, 0.5) is 0 Å². The highest BCUT2D eigenvalue weighted by atomic mass is 32.1. The molecule has 0 saturated heterocycles. The van der Waals surface area contributed by atoms with Crippen molar-refractivity contribution in [2.45, 2.75) is 12.8 Å². The fraction of sp³-hybridized carbons (Fsp3) is 0.500. The van der Waals surface area contributed by atoms with Crippen LogP contribution in [-0.2, 0) is 6.42 Å². The fourth-order valence-electron chi connectivity index (χ4n) is 0.630. The lowest BCUT2D eigenvalue weighted by molar-refractivity contribution is 0.826. The Morgan fingerprint density at radius 3 is 3.11 bits per heavy atom. The van der Waals surface area contributed by atoms with Gasteiger partial charge in [-0.25, -0.2) is 4.98 Å². The molecule has 0 aliphatic heterocycles. The van der Waals surface area contributed by atoms with E-state index in [4.69, 9.17) is 5.73 Å². The van der Waals surface area contributed by atoms with Crippen LogP contribution in [0.25, 0.3) is 0 Å². The summed E-state index contributed by atoms with van der Waals surface area (Å²) in [6, 6.07) is 0. The van der Waals surface area contributed by atoms with Gasteiger partial charge in [-0.1, -0.05) is 0 Å². The molecule has 1 aromatic heterocycles. The molecule has 0 aliphatic carbocycles. The Bertz CT molecular complexity index is 148. The van der Waals surface area contributed by atoms with Crippen LogP contribution in [0.5, 0.6) is 0 Å². The molecule has 1 rings (SSSR count). The summed E-state index contributed by atoms with van der Waals surface area (Å²) in [6.07, 6.45) is 3.91. The number of rotatable bonds is 3. The largest absolute Gasteiger partial charge is 0.330 e. The lowest BCUT2D eigenvalue weighted by atomic mass is 10.3. The average Bonchev–Trinajstić information content (AvgIpc) is 2.34. The topological polar surface area (TPSA) is 38.9 Å². The Hall–Kier alpha value is -0.410. The van der Waals surface area contributed by atoms with Crippen molar-refractivity contribution in [1.82, 2.24) is 4.98 Å². The van der Waals surface area contributed by atoms with Crippen molar-refractivity contribution in [1.29, 1.82) is 0 Å². The van der Waals surface area contributed by atoms with E-state index in [2.05, 4.69) is 4.98 Å². The van der Waals surface area contributed by atoms with Crippen LogP contribution in [-0.4, -0.2) is 11.5 Å². The highest BCUT2D eigenvalue weighted by Gasteiger charge is 1.91. The SMILES string of the molecule is NCCCc1nccs1. The van der Waals surface area contributed by atoms with E-state index >= 15 is 0 Å². The number of aryl methyl sites for hydroxylation is 1. The smallest absolute Gasteiger partial charge is 0.0925 e. The van der Waals surface area contributed by atoms with Crippen LogP contribution in [0.15, 0.2) is 11.6 Å². The van der Waals surface area contributed by atoms with Crippen molar-refractivity contribution >= 4 is 11.3 Å². The first kappa shape index (κ1) is 6.71. The second-order valence-electron chi connectivity index (χ2n) is 1.82. The van der Waals surface area contributed by atoms with E-state index < -0.39 is 0 Å². The monoisotopic (exact) mass is 142 g/mol. The number of nitrogens with two attached hydrogens (primary N) is 1. The maximum absolute atomic E-state index is 5.32. The fourth-order valence-corrected chi connectivity index (χ4v) is 1.29. The summed E-state index contributed by atoms with van der Waals surface area (Å²) in [5.41, 5.74) is 5.32. The van der Waals surface area contributed by atoms with Gasteiger partial charge < -0.3 is 5.73 Å². The van der Waals surface area contributed by atoms with Crippen molar-refractivity contribution in [2.24, 2.45) is 5.73 Å². The standard InChI is InChI=1S/C6H10N2S/c7-3-1-2-6-8-4-5-9-6/h4-5H,1-3,7H2. The minimum Gasteiger partial charge on any atom is -0.330 e. The molecular weight excluding hydrogens is 132 g/mol. The molecule has 2 N–H and O–H groups in total. The molecular formula is C6H10N2S. The zero-order valence-electron chi connectivity index (χ0n) is 5.21. The van der Waals surface area contributed by atoms with Gasteiger partial charge in [-0.15, -0.1) is 11.3 Å². The quantitative estimate of drug-likeness (QED) is 0.684. The number of thiazole rings is 1. The molecule has 3 heteroatoms. The van der Waals surface area contributed by atoms with Gasteiger partial charge in [0.25, 0.3) is 0 Å². The molecule has 0 fully saturated rings. The van der Waals surface area contributed by atoms with Crippen LogP contribution in [0.1, 0.15) is 11.4 Å². The predicted octanol–water partition coefficient (Wildman–Crippen LogP) is 1.03. The van der Waals surface area contributed by atoms with Crippen molar-refractivity contribution < 1.29 is 0 Å². The minimum atomic E-state index is 0.763. The van der Waals surface area contributed by atoms with Gasteiger partial charge in [-0.2, -0.15) is 0 Å². The van der Waals surface area contributed by atoms with Crippen molar-refractivity contribution in [3.05, 3.63) is 16.6 Å². The Morgan fingerprint density at radius 2 is 2.56 bits per heavy atom. The molecule has 0 aliphatic rings. The van der Waals surface area contributed by atoms with Crippen molar-refractivity contribution in [3.8, 4) is 0 Å². The Kier molecular flexibility index (Phi) is 2.67. The lowest BCUT2D eigenvalue weighted by Gasteiger charge is -1.89. The third-order valence-electron chi connectivity index (χ3n) is 1.08. The molecule has 0 radical (unpaired) electrons. The van der Waals surface area contributed by atoms with Crippen LogP contribution in [0, 0.1) is 0 Å². The molecule has 9 heavy (non-hydrogen) atoms. The van der Waals surface area contributed by atoms with Crippen LogP contribution >= 0.6 is 11.3 Å². The normalized spacial score (nSPS) is 9.89. The third-order valence-corrected chi connectivity index (χ3v) is 1.92. The Morgan fingerprint density at radius 1 is 1.67 bits per heavy atom. The van der Waals surface area contributed by atoms with E-state index in [1.54, 1.807) is 11.3 Å². The molecule has 1 heterocycles. The van der Waals surface area contributed by atoms with Gasteiger partial charge in [-0.3, -0.25) is 0 Å². The summed E-state index contributed by atoms with van der Waals surface area (Å²) in [5.74, 6) is 0. The van der Waals surface area contributed by atoms with Gasteiger partial charge in [0.2, 0.25) is 0 Å². The van der Waals surface area contributed by atoms with Crippen LogP contribution in [0.3, 0.4) is 0 Å². The first-order chi connectivity index (χ1) is 4.43. The molecule has 1 aromatic rings. The highest BCUT2D eigenvalue weighted by Crippen LogP contribution is 2.05.